The maximum atomic E-state index is 3.36. The molecule has 0 radical (unpaired) electrons. The molecular weight excluding hydrogens is 300 g/mol. The molecule has 0 saturated heterocycles. The number of fused-ring (bicyclic) bond motifs is 1. The van der Waals surface area contributed by atoms with Crippen molar-refractivity contribution in [2.45, 2.75) is 41.5 Å². The van der Waals surface area contributed by atoms with Crippen molar-refractivity contribution in [3.8, 4) is 0 Å². The van der Waals surface area contributed by atoms with Crippen molar-refractivity contribution in [1.29, 1.82) is 0 Å². The predicted octanol–water partition coefficient (Wildman–Crippen LogP) is 6.03. The summed E-state index contributed by atoms with van der Waals surface area (Å²) in [5, 5.41) is 2.66. The van der Waals surface area contributed by atoms with Gasteiger partial charge in [0.25, 0.3) is 0 Å². The van der Waals surface area contributed by atoms with Gasteiger partial charge in [-0.3, -0.25) is 6.08 Å². The smallest absolute Gasteiger partial charge is 0.0809 e. The van der Waals surface area contributed by atoms with Crippen LogP contribution in [0.1, 0.15) is 41.5 Å². The Morgan fingerprint density at radius 1 is 1.09 bits per heavy atom. The van der Waals surface area contributed by atoms with Crippen LogP contribution < -0.4 is 0 Å². The Labute approximate surface area is 147 Å². The summed E-state index contributed by atoms with van der Waals surface area (Å²) in [7, 11) is 0. The van der Waals surface area contributed by atoms with Crippen molar-refractivity contribution in [2.75, 3.05) is 0 Å². The molecule has 0 nitrogen and oxygen atoms in total. The Kier molecular flexibility index (Phi) is 7.86. The summed E-state index contributed by atoms with van der Waals surface area (Å²) in [5.41, 5.74) is 4.25. The van der Waals surface area contributed by atoms with Gasteiger partial charge in [0, 0.05) is 0 Å². The minimum atomic E-state index is 0.560. The molecule has 0 N–H and O–H groups in total. The van der Waals surface area contributed by atoms with Crippen molar-refractivity contribution in [1.82, 2.24) is 0 Å². The normalized spacial score (nSPS) is 16.5. The van der Waals surface area contributed by atoms with Gasteiger partial charge in [-0.1, -0.05) is 32.8 Å². The molecule has 1 aliphatic rings. The van der Waals surface area contributed by atoms with Crippen molar-refractivity contribution in [3.63, 3.8) is 0 Å². The molecule has 0 saturated carbocycles. The first-order valence-electron chi connectivity index (χ1n) is 7.73. The van der Waals surface area contributed by atoms with Crippen molar-refractivity contribution >= 4 is 14.6 Å². The van der Waals surface area contributed by atoms with E-state index < -0.39 is 0 Å². The van der Waals surface area contributed by atoms with Gasteiger partial charge in [0.1, 0.15) is 0 Å². The summed E-state index contributed by atoms with van der Waals surface area (Å²) in [6.45, 7) is 12.8. The van der Waals surface area contributed by atoms with Crippen LogP contribution in [-0.2, 0) is 20.0 Å². The molecule has 1 atom stereocenters. The van der Waals surface area contributed by atoms with Crippen LogP contribution in [0.3, 0.4) is 0 Å². The number of hydrogen-bond donors (Lipinski definition) is 0. The third kappa shape index (κ3) is 5.95. The average Bonchev–Trinajstić information content (AvgIpc) is 3.01. The van der Waals surface area contributed by atoms with E-state index in [1.54, 1.807) is 0 Å². The van der Waals surface area contributed by atoms with Gasteiger partial charge in [0.15, 0.2) is 0 Å². The first-order valence-corrected chi connectivity index (χ1v) is 8.51. The zero-order valence-electron chi connectivity index (χ0n) is 14.6. The minimum Gasteiger partial charge on any atom is -0.168 e. The number of benzene rings is 1. The molecule has 2 aromatic rings. The summed E-state index contributed by atoms with van der Waals surface area (Å²) in [6.07, 6.45) is 3.36. The van der Waals surface area contributed by atoms with E-state index in [-0.39, 0.29) is 0 Å². The maximum absolute atomic E-state index is 3.36. The molecule has 114 valence electrons. The molecule has 1 unspecified atom stereocenters. The van der Waals surface area contributed by atoms with Crippen LogP contribution in [0.4, 0.5) is 0 Å². The molecule has 0 aromatic heterocycles. The Hall–Kier alpha value is -1.11. The van der Waals surface area contributed by atoms with Crippen LogP contribution >= 0.6 is 0 Å². The molecule has 1 aliphatic carbocycles. The monoisotopic (exact) mass is 326 g/mol. The van der Waals surface area contributed by atoms with Crippen molar-refractivity contribution in [3.05, 3.63) is 65.3 Å². The minimum absolute atomic E-state index is 0.560. The summed E-state index contributed by atoms with van der Waals surface area (Å²) in [6, 6.07) is 14.7. The van der Waals surface area contributed by atoms with Gasteiger partial charge in [0.2, 0.25) is 0 Å². The zero-order valence-corrected chi connectivity index (χ0v) is 16.2. The molecule has 0 bridgehead atoms. The van der Waals surface area contributed by atoms with E-state index in [0.717, 1.165) is 0 Å². The second-order valence-corrected chi connectivity index (χ2v) is 7.52. The molecule has 0 fully saturated rings. The van der Waals surface area contributed by atoms with Crippen LogP contribution in [0.5, 0.6) is 0 Å². The van der Waals surface area contributed by atoms with Gasteiger partial charge in [-0.25, -0.2) is 5.57 Å². The van der Waals surface area contributed by atoms with Crippen LogP contribution in [0.15, 0.2) is 59.2 Å². The van der Waals surface area contributed by atoms with Gasteiger partial charge < -0.3 is 0 Å². The fourth-order valence-electron chi connectivity index (χ4n) is 2.23. The van der Waals surface area contributed by atoms with E-state index in [9.17, 15) is 0 Å². The maximum Gasteiger partial charge on any atom is -0.0809 e. The number of rotatable bonds is 0. The fourth-order valence-corrected chi connectivity index (χ4v) is 2.23. The van der Waals surface area contributed by atoms with Gasteiger partial charge in [-0.05, 0) is 0 Å². The molecule has 2 aromatic carbocycles. The van der Waals surface area contributed by atoms with Crippen LogP contribution in [0, 0.1) is 12.0 Å². The Bertz CT molecular complexity index is 649. The van der Waals surface area contributed by atoms with Gasteiger partial charge >= 0.3 is 37.6 Å². The van der Waals surface area contributed by atoms with Crippen LogP contribution in [-0.4, -0.2) is 3.81 Å². The molecule has 0 aliphatic heterocycles. The standard InChI is InChI=1S/C9H7.C9H13.C3H6.Ti/c1-2-5-9-7-3-6-8(9)4-1;1-6-5-7(2)9(4)8(6)3;1-3-2;/h1-7H;6H,1-4H3;1-2H3;/q2*-1;;+2. The molecule has 0 amide bonds. The largest absolute Gasteiger partial charge is 0.168 e. The third-order valence-electron chi connectivity index (χ3n) is 3.78. The summed E-state index contributed by atoms with van der Waals surface area (Å²) in [4.78, 5) is 0. The SMILES string of the molecule is CC1=[C-]C(C)C(C)=C1C.C[C](C)=[Ti+2].c1ccc2[cH-]ccc2c1. The van der Waals surface area contributed by atoms with Crippen molar-refractivity contribution in [2.24, 2.45) is 5.92 Å². The zero-order chi connectivity index (χ0) is 16.7. The van der Waals surface area contributed by atoms with Gasteiger partial charge in [0.05, 0.1) is 0 Å². The van der Waals surface area contributed by atoms with E-state index >= 15 is 0 Å². The topological polar surface area (TPSA) is 0 Å². The van der Waals surface area contributed by atoms with Crippen molar-refractivity contribution < 1.29 is 20.0 Å². The predicted molar refractivity (Wildman–Crippen MR) is 95.9 cm³/mol. The Morgan fingerprint density at radius 3 is 2.09 bits per heavy atom. The number of hydrogen-bond acceptors (Lipinski definition) is 0. The van der Waals surface area contributed by atoms with E-state index in [4.69, 9.17) is 0 Å². The molecule has 3 rings (SSSR count). The second kappa shape index (κ2) is 9.13. The molecule has 0 heterocycles. The number of allylic oxidation sites excluding steroid dienone is 4. The van der Waals surface area contributed by atoms with Gasteiger partial charge in [-0.2, -0.15) is 28.7 Å². The van der Waals surface area contributed by atoms with E-state index in [1.807, 2.05) is 0 Å². The molecule has 1 heteroatoms. The second-order valence-electron chi connectivity index (χ2n) is 5.95. The molecule has 22 heavy (non-hydrogen) atoms. The fraction of sp³-hybridized carbons (Fsp3) is 0.333. The Morgan fingerprint density at radius 2 is 1.68 bits per heavy atom. The van der Waals surface area contributed by atoms with E-state index in [0.29, 0.717) is 5.92 Å². The Balaban J connectivity index is 0.000000179. The quantitative estimate of drug-likeness (QED) is 0.410. The molecular formula is C21H26Ti. The summed E-state index contributed by atoms with van der Waals surface area (Å²) in [5.74, 6) is 0.560. The van der Waals surface area contributed by atoms with E-state index in [2.05, 4.69) is 110 Å². The summed E-state index contributed by atoms with van der Waals surface area (Å²) >= 11 is 2.08. The first kappa shape index (κ1) is 18.9. The molecule has 0 spiro atoms. The summed E-state index contributed by atoms with van der Waals surface area (Å²) < 4.78 is 1.42. The third-order valence-corrected chi connectivity index (χ3v) is 3.78. The van der Waals surface area contributed by atoms with E-state index in [1.165, 1.54) is 31.3 Å². The van der Waals surface area contributed by atoms with Crippen LogP contribution in [0.2, 0.25) is 0 Å². The first-order chi connectivity index (χ1) is 10.3. The average molecular weight is 326 g/mol. The van der Waals surface area contributed by atoms with Crippen LogP contribution in [0.25, 0.3) is 10.8 Å². The van der Waals surface area contributed by atoms with Gasteiger partial charge in [-0.15, -0.1) is 36.6 Å².